The van der Waals surface area contributed by atoms with Crippen LogP contribution in [-0.2, 0) is 0 Å². The number of fused-ring (bicyclic) bond motifs is 3. The molecule has 2 unspecified atom stereocenters. The van der Waals surface area contributed by atoms with Crippen LogP contribution >= 0.6 is 11.5 Å². The minimum Gasteiger partial charge on any atom is -0.406 e. The van der Waals surface area contributed by atoms with E-state index in [1.807, 2.05) is 25.3 Å². The molecule has 7 nitrogen and oxygen atoms in total. The van der Waals surface area contributed by atoms with Crippen molar-refractivity contribution in [1.82, 2.24) is 19.0 Å². The number of alkyl halides is 3. The molecule has 0 spiro atoms. The fourth-order valence-electron chi connectivity index (χ4n) is 5.32. The van der Waals surface area contributed by atoms with Crippen molar-refractivity contribution in [3.05, 3.63) is 54.4 Å². The molecular weight excluding hydrogens is 477 g/mol. The lowest BCUT2D eigenvalue weighted by molar-refractivity contribution is -0.274. The largest absolute Gasteiger partial charge is 0.573 e. The number of benzene rings is 1. The fourth-order valence-corrected chi connectivity index (χ4v) is 6.09. The van der Waals surface area contributed by atoms with Gasteiger partial charge in [-0.25, -0.2) is 4.52 Å². The Morgan fingerprint density at radius 2 is 1.83 bits per heavy atom. The number of piperidine rings is 1. The van der Waals surface area contributed by atoms with Gasteiger partial charge in [0.15, 0.2) is 5.65 Å². The van der Waals surface area contributed by atoms with Gasteiger partial charge in [0.2, 0.25) is 5.95 Å². The first-order chi connectivity index (χ1) is 16.8. The number of nitrogens with one attached hydrogen (secondary N) is 1. The molecule has 2 aliphatic rings. The zero-order chi connectivity index (χ0) is 24.2. The lowest BCUT2D eigenvalue weighted by atomic mass is 9.92. The van der Waals surface area contributed by atoms with Crippen molar-refractivity contribution in [3.63, 3.8) is 0 Å². The highest BCUT2D eigenvalue weighted by atomic mass is 32.1. The Morgan fingerprint density at radius 3 is 2.49 bits per heavy atom. The van der Waals surface area contributed by atoms with Gasteiger partial charge in [-0.3, -0.25) is 0 Å². The summed E-state index contributed by atoms with van der Waals surface area (Å²) in [6.07, 6.45) is -0.561. The van der Waals surface area contributed by atoms with Gasteiger partial charge < -0.3 is 15.0 Å². The van der Waals surface area contributed by atoms with E-state index in [-0.39, 0.29) is 5.75 Å². The molecule has 2 atom stereocenters. The molecule has 1 aromatic carbocycles. The molecule has 3 aromatic heterocycles. The van der Waals surface area contributed by atoms with Gasteiger partial charge >= 0.3 is 6.36 Å². The summed E-state index contributed by atoms with van der Waals surface area (Å²) in [7, 11) is 0. The molecule has 182 valence electrons. The number of rotatable bonds is 5. The predicted molar refractivity (Wildman–Crippen MR) is 128 cm³/mol. The van der Waals surface area contributed by atoms with Crippen molar-refractivity contribution in [2.75, 3.05) is 23.3 Å². The zero-order valence-electron chi connectivity index (χ0n) is 18.9. The van der Waals surface area contributed by atoms with Gasteiger partial charge in [-0.05, 0) is 79.0 Å². The molecule has 1 aliphatic carbocycles. The summed E-state index contributed by atoms with van der Waals surface area (Å²) in [5.74, 6) is 1.32. The molecule has 0 radical (unpaired) electrons. The van der Waals surface area contributed by atoms with E-state index in [0.29, 0.717) is 29.5 Å². The summed E-state index contributed by atoms with van der Waals surface area (Å²) in [5, 5.41) is 9.47. The van der Waals surface area contributed by atoms with Gasteiger partial charge in [0, 0.05) is 30.9 Å². The maximum absolute atomic E-state index is 12.5. The summed E-state index contributed by atoms with van der Waals surface area (Å²) < 4.78 is 47.6. The molecule has 2 fully saturated rings. The molecule has 1 saturated carbocycles. The van der Waals surface area contributed by atoms with Gasteiger partial charge in [-0.15, -0.1) is 18.3 Å². The van der Waals surface area contributed by atoms with Gasteiger partial charge in [0.05, 0.1) is 5.69 Å². The normalized spacial score (nSPS) is 22.1. The number of hydrogen-bond acceptors (Lipinski definition) is 7. The maximum Gasteiger partial charge on any atom is 0.573 e. The number of aryl methyl sites for hydroxylation is 1. The Labute approximate surface area is 203 Å². The third-order valence-electron chi connectivity index (χ3n) is 6.82. The second kappa shape index (κ2) is 8.40. The Bertz CT molecular complexity index is 1340. The quantitative estimate of drug-likeness (QED) is 0.397. The van der Waals surface area contributed by atoms with Gasteiger partial charge in [-0.2, -0.15) is 9.36 Å². The third kappa shape index (κ3) is 4.40. The van der Waals surface area contributed by atoms with Crippen LogP contribution in [0.15, 0.2) is 48.7 Å². The molecule has 4 heterocycles. The smallest absolute Gasteiger partial charge is 0.406 e. The van der Waals surface area contributed by atoms with Crippen molar-refractivity contribution >= 4 is 28.1 Å². The van der Waals surface area contributed by atoms with E-state index in [1.54, 1.807) is 28.2 Å². The third-order valence-corrected chi connectivity index (χ3v) is 7.76. The Balaban J connectivity index is 1.21. The van der Waals surface area contributed by atoms with E-state index in [4.69, 9.17) is 4.98 Å². The van der Waals surface area contributed by atoms with Crippen LogP contribution in [0.4, 0.5) is 24.1 Å². The summed E-state index contributed by atoms with van der Waals surface area (Å²) in [6.45, 7) is 4.00. The minimum absolute atomic E-state index is 0.257. The number of ether oxygens (including phenoxy) is 1. The molecule has 1 saturated heterocycles. The highest BCUT2D eigenvalue weighted by Gasteiger charge is 2.43. The average molecular weight is 501 g/mol. The van der Waals surface area contributed by atoms with Crippen LogP contribution in [0, 0.1) is 18.8 Å². The SMILES string of the molecule is Cc1cc(N2CC3CCC(C2)C3Nc2nc3c(-c4ccc(OC(F)(F)F)cc4)cccn3n2)sn1. The van der Waals surface area contributed by atoms with Crippen LogP contribution in [0.1, 0.15) is 18.5 Å². The van der Waals surface area contributed by atoms with E-state index < -0.39 is 6.36 Å². The molecule has 6 rings (SSSR count). The van der Waals surface area contributed by atoms with E-state index >= 15 is 0 Å². The van der Waals surface area contributed by atoms with Crippen molar-refractivity contribution in [3.8, 4) is 16.9 Å². The molecule has 35 heavy (non-hydrogen) atoms. The first-order valence-corrected chi connectivity index (χ1v) is 12.3. The second-order valence-electron chi connectivity index (χ2n) is 9.18. The van der Waals surface area contributed by atoms with Crippen LogP contribution in [0.2, 0.25) is 0 Å². The van der Waals surface area contributed by atoms with Crippen LogP contribution in [0.5, 0.6) is 5.75 Å². The zero-order valence-corrected chi connectivity index (χ0v) is 19.7. The van der Waals surface area contributed by atoms with Crippen LogP contribution in [0.3, 0.4) is 0 Å². The van der Waals surface area contributed by atoms with Crippen molar-refractivity contribution in [2.45, 2.75) is 32.2 Å². The second-order valence-corrected chi connectivity index (χ2v) is 9.96. The van der Waals surface area contributed by atoms with Crippen molar-refractivity contribution in [1.29, 1.82) is 0 Å². The number of anilines is 2. The lowest BCUT2D eigenvalue weighted by Crippen LogP contribution is -2.48. The predicted octanol–water partition coefficient (Wildman–Crippen LogP) is 5.39. The molecule has 1 N–H and O–H groups in total. The highest BCUT2D eigenvalue weighted by Crippen LogP contribution is 2.41. The number of aromatic nitrogens is 4. The van der Waals surface area contributed by atoms with Gasteiger partial charge in [0.1, 0.15) is 10.8 Å². The minimum atomic E-state index is -4.72. The molecule has 0 amide bonds. The summed E-state index contributed by atoms with van der Waals surface area (Å²) in [5.41, 5.74) is 3.22. The van der Waals surface area contributed by atoms with Crippen LogP contribution < -0.4 is 15.0 Å². The Morgan fingerprint density at radius 1 is 1.09 bits per heavy atom. The molecular formula is C24H23F3N6OS. The Hall–Kier alpha value is -3.34. The highest BCUT2D eigenvalue weighted by molar-refractivity contribution is 7.10. The van der Waals surface area contributed by atoms with Crippen molar-refractivity contribution in [2.24, 2.45) is 11.8 Å². The van der Waals surface area contributed by atoms with Gasteiger partial charge in [0.25, 0.3) is 0 Å². The summed E-state index contributed by atoms with van der Waals surface area (Å²) in [4.78, 5) is 7.20. The van der Waals surface area contributed by atoms with Crippen LogP contribution in [-0.4, -0.2) is 44.5 Å². The average Bonchev–Trinajstić information content (AvgIpc) is 3.48. The van der Waals surface area contributed by atoms with Gasteiger partial charge in [-0.1, -0.05) is 12.1 Å². The number of pyridine rings is 1. The summed E-state index contributed by atoms with van der Waals surface area (Å²) in [6, 6.07) is 12.0. The molecule has 4 aromatic rings. The molecule has 2 bridgehead atoms. The van der Waals surface area contributed by atoms with Crippen molar-refractivity contribution < 1.29 is 17.9 Å². The van der Waals surface area contributed by atoms with E-state index in [1.165, 1.54) is 30.0 Å². The lowest BCUT2D eigenvalue weighted by Gasteiger charge is -2.38. The first kappa shape index (κ1) is 22.1. The van der Waals surface area contributed by atoms with Crippen LogP contribution in [0.25, 0.3) is 16.8 Å². The molecule has 11 heteroatoms. The Kier molecular flexibility index (Phi) is 5.32. The standard InChI is InChI=1S/C24H23F3N6OS/c1-14-11-20(35-31-14)32-12-16-4-5-17(13-32)21(16)28-23-29-22-19(3-2-10-33(22)30-23)15-6-8-18(9-7-15)34-24(25,26)27/h2-3,6-11,16-17,21H,4-5,12-13H2,1H3,(H,28,30). The van der Waals surface area contributed by atoms with E-state index in [9.17, 15) is 13.2 Å². The van der Waals surface area contributed by atoms with E-state index in [0.717, 1.165) is 29.9 Å². The topological polar surface area (TPSA) is 67.6 Å². The summed E-state index contributed by atoms with van der Waals surface area (Å²) >= 11 is 1.56. The maximum atomic E-state index is 12.5. The molecule has 1 aliphatic heterocycles. The fraction of sp³-hybridized carbons (Fsp3) is 0.375. The van der Waals surface area contributed by atoms with E-state index in [2.05, 4.69) is 30.5 Å². The number of nitrogens with zero attached hydrogens (tertiary/aromatic N) is 5. The monoisotopic (exact) mass is 500 g/mol. The first-order valence-electron chi connectivity index (χ1n) is 11.5. The number of hydrogen-bond donors (Lipinski definition) is 1. The number of halogens is 3.